The highest BCUT2D eigenvalue weighted by Gasteiger charge is 2.44. The molecule has 1 saturated heterocycles. The molecule has 0 saturated carbocycles. The molecule has 5 N–H and O–H groups in total. The Morgan fingerprint density at radius 2 is 1.88 bits per heavy atom. The van der Waals surface area contributed by atoms with Crippen LogP contribution in [-0.2, 0) is 16.0 Å². The molecule has 1 aliphatic rings. The topological polar surface area (TPSA) is 146 Å². The van der Waals surface area contributed by atoms with Gasteiger partial charge in [0.1, 0.15) is 24.4 Å². The molecule has 0 unspecified atom stereocenters. The maximum Gasteiger partial charge on any atom is 0.303 e. The summed E-state index contributed by atoms with van der Waals surface area (Å²) in [5.74, 6) is -0.446. The number of rotatable bonds is 7. The van der Waals surface area contributed by atoms with E-state index in [9.17, 15) is 25.2 Å². The molecule has 1 aromatic carbocycles. The van der Waals surface area contributed by atoms with Crippen LogP contribution in [0.4, 0.5) is 0 Å². The van der Waals surface area contributed by atoms with Crippen molar-refractivity contribution in [1.82, 2.24) is 0 Å². The van der Waals surface area contributed by atoms with E-state index in [1.54, 1.807) is 18.2 Å². The van der Waals surface area contributed by atoms with Gasteiger partial charge >= 0.3 is 5.97 Å². The number of aliphatic hydroxyl groups excluding tert-OH is 4. The summed E-state index contributed by atoms with van der Waals surface area (Å²) in [5, 5.41) is 47.6. The predicted molar refractivity (Wildman–Crippen MR) is 83.3 cm³/mol. The molecule has 0 radical (unpaired) electrons. The van der Waals surface area contributed by atoms with Crippen LogP contribution in [0.1, 0.15) is 12.0 Å². The van der Waals surface area contributed by atoms with Gasteiger partial charge < -0.3 is 39.7 Å². The third-order valence-corrected chi connectivity index (χ3v) is 3.95. The van der Waals surface area contributed by atoms with Crippen molar-refractivity contribution < 1.29 is 44.5 Å². The molecular formula is C16H22O9. The Hall–Kier alpha value is -1.91. The zero-order valence-electron chi connectivity index (χ0n) is 13.6. The third kappa shape index (κ3) is 4.59. The van der Waals surface area contributed by atoms with Crippen LogP contribution < -0.4 is 9.47 Å². The number of methoxy groups -OCH3 is 1. The van der Waals surface area contributed by atoms with Crippen molar-refractivity contribution in [3.8, 4) is 11.5 Å². The highest BCUT2D eigenvalue weighted by Crippen LogP contribution is 2.32. The van der Waals surface area contributed by atoms with Crippen molar-refractivity contribution >= 4 is 5.97 Å². The highest BCUT2D eigenvalue weighted by molar-refractivity contribution is 5.67. The van der Waals surface area contributed by atoms with Crippen LogP contribution in [0.15, 0.2) is 18.2 Å². The number of ether oxygens (including phenoxy) is 3. The predicted octanol–water partition coefficient (Wildman–Crippen LogP) is -1.11. The van der Waals surface area contributed by atoms with E-state index >= 15 is 0 Å². The second-order valence-electron chi connectivity index (χ2n) is 5.69. The van der Waals surface area contributed by atoms with Gasteiger partial charge in [-0.25, -0.2) is 0 Å². The molecule has 9 nitrogen and oxygen atoms in total. The quantitative estimate of drug-likeness (QED) is 0.409. The van der Waals surface area contributed by atoms with Crippen LogP contribution in [0.2, 0.25) is 0 Å². The molecule has 0 spiro atoms. The number of carboxylic acid groups (broad SMARTS) is 1. The first kappa shape index (κ1) is 19.4. The zero-order chi connectivity index (χ0) is 18.6. The average molecular weight is 358 g/mol. The van der Waals surface area contributed by atoms with Crippen LogP contribution >= 0.6 is 0 Å². The van der Waals surface area contributed by atoms with Gasteiger partial charge in [0.05, 0.1) is 13.7 Å². The molecule has 9 heteroatoms. The summed E-state index contributed by atoms with van der Waals surface area (Å²) in [6.07, 6.45) is -6.83. The van der Waals surface area contributed by atoms with Gasteiger partial charge in [-0.2, -0.15) is 0 Å². The Bertz CT molecular complexity index is 589. The molecule has 5 atom stereocenters. The molecule has 0 aromatic heterocycles. The normalized spacial score (nSPS) is 29.2. The van der Waals surface area contributed by atoms with Gasteiger partial charge in [0.25, 0.3) is 0 Å². The minimum Gasteiger partial charge on any atom is -0.493 e. The summed E-state index contributed by atoms with van der Waals surface area (Å²) < 4.78 is 16.0. The first-order chi connectivity index (χ1) is 11.9. The molecule has 1 aromatic rings. The molecule has 1 heterocycles. The second kappa shape index (κ2) is 8.45. The average Bonchev–Trinajstić information content (AvgIpc) is 2.60. The van der Waals surface area contributed by atoms with E-state index in [0.29, 0.717) is 11.3 Å². The van der Waals surface area contributed by atoms with Gasteiger partial charge in [-0.15, -0.1) is 0 Å². The van der Waals surface area contributed by atoms with Crippen LogP contribution in [-0.4, -0.2) is 75.9 Å². The lowest BCUT2D eigenvalue weighted by Gasteiger charge is -2.39. The Morgan fingerprint density at radius 1 is 1.16 bits per heavy atom. The van der Waals surface area contributed by atoms with Crippen molar-refractivity contribution in [3.05, 3.63) is 23.8 Å². The summed E-state index contributed by atoms with van der Waals surface area (Å²) in [6, 6.07) is 4.81. The van der Waals surface area contributed by atoms with E-state index < -0.39 is 43.3 Å². The van der Waals surface area contributed by atoms with Crippen molar-refractivity contribution in [1.29, 1.82) is 0 Å². The monoisotopic (exact) mass is 358 g/mol. The minimum absolute atomic E-state index is 0.0637. The maximum atomic E-state index is 10.7. The van der Waals surface area contributed by atoms with E-state index in [4.69, 9.17) is 19.3 Å². The van der Waals surface area contributed by atoms with E-state index in [0.717, 1.165) is 0 Å². The molecule has 1 aliphatic heterocycles. The van der Waals surface area contributed by atoms with Crippen LogP contribution in [0.5, 0.6) is 11.5 Å². The number of aliphatic hydroxyl groups is 4. The smallest absolute Gasteiger partial charge is 0.303 e. The molecule has 0 aliphatic carbocycles. The summed E-state index contributed by atoms with van der Waals surface area (Å²) in [5.41, 5.74) is 0.669. The second-order valence-corrected chi connectivity index (χ2v) is 5.69. The lowest BCUT2D eigenvalue weighted by atomic mass is 9.99. The Balaban J connectivity index is 2.19. The van der Waals surface area contributed by atoms with Crippen LogP contribution in [0, 0.1) is 0 Å². The van der Waals surface area contributed by atoms with Gasteiger partial charge in [0, 0.05) is 6.42 Å². The van der Waals surface area contributed by atoms with Gasteiger partial charge in [0.15, 0.2) is 11.5 Å². The molecular weight excluding hydrogens is 336 g/mol. The SMILES string of the molecule is COc1ccc(CCC(=O)O)cc1O[C@@H]1O[C@H](CO)[C@@H](O)[C@H](O)[C@H]1O. The van der Waals surface area contributed by atoms with Crippen molar-refractivity contribution in [3.63, 3.8) is 0 Å². The van der Waals surface area contributed by atoms with Crippen LogP contribution in [0.25, 0.3) is 0 Å². The number of hydrogen-bond acceptors (Lipinski definition) is 8. The van der Waals surface area contributed by atoms with E-state index in [-0.39, 0.29) is 18.6 Å². The fourth-order valence-electron chi connectivity index (χ4n) is 2.51. The molecule has 2 rings (SSSR count). The Labute approximate surface area is 144 Å². The van der Waals surface area contributed by atoms with Crippen molar-refractivity contribution in [2.45, 2.75) is 43.5 Å². The number of carboxylic acids is 1. The summed E-state index contributed by atoms with van der Waals surface area (Å²) in [4.78, 5) is 10.7. The van der Waals surface area contributed by atoms with E-state index in [1.165, 1.54) is 7.11 Å². The highest BCUT2D eigenvalue weighted by atomic mass is 16.7. The number of hydrogen-bond donors (Lipinski definition) is 5. The van der Waals surface area contributed by atoms with Gasteiger partial charge in [0.2, 0.25) is 6.29 Å². The lowest BCUT2D eigenvalue weighted by molar-refractivity contribution is -0.277. The minimum atomic E-state index is -1.56. The number of carbonyl (C=O) groups is 1. The lowest BCUT2D eigenvalue weighted by Crippen LogP contribution is -2.60. The van der Waals surface area contributed by atoms with Gasteiger partial charge in [-0.1, -0.05) is 6.07 Å². The van der Waals surface area contributed by atoms with Crippen molar-refractivity contribution in [2.75, 3.05) is 13.7 Å². The molecule has 140 valence electrons. The molecule has 1 fully saturated rings. The van der Waals surface area contributed by atoms with Crippen LogP contribution in [0.3, 0.4) is 0 Å². The molecule has 25 heavy (non-hydrogen) atoms. The first-order valence-corrected chi connectivity index (χ1v) is 7.73. The first-order valence-electron chi connectivity index (χ1n) is 7.73. The van der Waals surface area contributed by atoms with Crippen molar-refractivity contribution in [2.24, 2.45) is 0 Å². The van der Waals surface area contributed by atoms with E-state index in [1.807, 2.05) is 0 Å². The Kier molecular flexibility index (Phi) is 6.57. The summed E-state index contributed by atoms with van der Waals surface area (Å²) in [6.45, 7) is -0.569. The zero-order valence-corrected chi connectivity index (χ0v) is 13.6. The number of aryl methyl sites for hydroxylation is 1. The largest absolute Gasteiger partial charge is 0.493 e. The fraction of sp³-hybridized carbons (Fsp3) is 0.562. The van der Waals surface area contributed by atoms with Gasteiger partial charge in [-0.3, -0.25) is 4.79 Å². The Morgan fingerprint density at radius 3 is 2.48 bits per heavy atom. The number of benzene rings is 1. The molecule has 0 amide bonds. The van der Waals surface area contributed by atoms with E-state index in [2.05, 4.69) is 0 Å². The molecule has 0 bridgehead atoms. The summed E-state index contributed by atoms with van der Waals surface area (Å²) >= 11 is 0. The number of aliphatic carboxylic acids is 1. The van der Waals surface area contributed by atoms with Gasteiger partial charge in [-0.05, 0) is 24.1 Å². The summed E-state index contributed by atoms with van der Waals surface area (Å²) in [7, 11) is 1.41. The third-order valence-electron chi connectivity index (χ3n) is 3.95. The maximum absolute atomic E-state index is 10.7. The fourth-order valence-corrected chi connectivity index (χ4v) is 2.51. The standard InChI is InChI=1S/C16H22O9/c1-23-9-4-2-8(3-5-12(18)19)6-10(9)24-16-15(22)14(21)13(20)11(7-17)25-16/h2,4,6,11,13-17,20-22H,3,5,7H2,1H3,(H,18,19)/t11-,13-,14+,15-,16-/m1/s1.